The van der Waals surface area contributed by atoms with Gasteiger partial charge in [-0.25, -0.2) is 0 Å². The van der Waals surface area contributed by atoms with Crippen molar-refractivity contribution >= 4 is 5.91 Å². The molecular formula is C10H19NO2. The molecule has 1 amide bonds. The molecule has 76 valence electrons. The van der Waals surface area contributed by atoms with Crippen LogP contribution in [0.15, 0.2) is 0 Å². The number of carbonyl (C=O) groups is 1. The monoisotopic (exact) mass is 185 g/mol. The van der Waals surface area contributed by atoms with Crippen LogP contribution in [0.5, 0.6) is 0 Å². The molecule has 0 bridgehead atoms. The van der Waals surface area contributed by atoms with E-state index in [1.165, 1.54) is 0 Å². The van der Waals surface area contributed by atoms with Crippen LogP contribution in [-0.4, -0.2) is 37.1 Å². The van der Waals surface area contributed by atoms with Crippen LogP contribution in [-0.2, 0) is 9.53 Å². The lowest BCUT2D eigenvalue weighted by Crippen LogP contribution is -2.38. The number of carbonyl (C=O) groups excluding carboxylic acids is 1. The van der Waals surface area contributed by atoms with Gasteiger partial charge in [-0.3, -0.25) is 4.79 Å². The van der Waals surface area contributed by atoms with Crippen LogP contribution in [0.4, 0.5) is 0 Å². The Morgan fingerprint density at radius 1 is 1.62 bits per heavy atom. The van der Waals surface area contributed by atoms with Crippen LogP contribution in [0, 0.1) is 5.92 Å². The van der Waals surface area contributed by atoms with Crippen molar-refractivity contribution in [2.24, 2.45) is 5.92 Å². The standard InChI is InChI=1S/C10H19NO2/c1-8(2)7-11(3)10(12)9-5-4-6-13-9/h8-9H,4-7H2,1-3H3. The zero-order valence-electron chi connectivity index (χ0n) is 8.75. The van der Waals surface area contributed by atoms with Crippen molar-refractivity contribution in [3.8, 4) is 0 Å². The lowest BCUT2D eigenvalue weighted by Gasteiger charge is -2.22. The molecule has 1 rings (SSSR count). The molecule has 0 radical (unpaired) electrons. The number of hydrogen-bond donors (Lipinski definition) is 0. The van der Waals surface area contributed by atoms with Gasteiger partial charge in [0.25, 0.3) is 5.91 Å². The third-order valence-electron chi connectivity index (χ3n) is 2.22. The molecule has 0 saturated carbocycles. The van der Waals surface area contributed by atoms with Gasteiger partial charge in [-0.15, -0.1) is 0 Å². The minimum atomic E-state index is -0.163. The molecule has 1 atom stereocenters. The normalized spacial score (nSPS) is 22.3. The summed E-state index contributed by atoms with van der Waals surface area (Å²) in [5, 5.41) is 0. The van der Waals surface area contributed by atoms with Crippen molar-refractivity contribution in [3.63, 3.8) is 0 Å². The van der Waals surface area contributed by atoms with Gasteiger partial charge in [-0.1, -0.05) is 13.8 Å². The van der Waals surface area contributed by atoms with E-state index in [9.17, 15) is 4.79 Å². The Labute approximate surface area is 80.1 Å². The van der Waals surface area contributed by atoms with Gasteiger partial charge >= 0.3 is 0 Å². The average molecular weight is 185 g/mol. The Kier molecular flexibility index (Phi) is 3.72. The Balaban J connectivity index is 2.36. The summed E-state index contributed by atoms with van der Waals surface area (Å²) in [4.78, 5) is 13.5. The molecular weight excluding hydrogens is 166 g/mol. The quantitative estimate of drug-likeness (QED) is 0.663. The van der Waals surface area contributed by atoms with Gasteiger partial charge in [-0.05, 0) is 18.8 Å². The highest BCUT2D eigenvalue weighted by Crippen LogP contribution is 2.14. The summed E-state index contributed by atoms with van der Waals surface area (Å²) >= 11 is 0. The SMILES string of the molecule is CC(C)CN(C)C(=O)C1CCCO1. The first-order valence-corrected chi connectivity index (χ1v) is 4.98. The van der Waals surface area contributed by atoms with Crippen LogP contribution in [0.1, 0.15) is 26.7 Å². The molecule has 1 unspecified atom stereocenters. The van der Waals surface area contributed by atoms with Crippen LogP contribution in [0.2, 0.25) is 0 Å². The average Bonchev–Trinajstić information content (AvgIpc) is 2.53. The van der Waals surface area contributed by atoms with E-state index in [2.05, 4.69) is 13.8 Å². The van der Waals surface area contributed by atoms with Gasteiger partial charge in [0, 0.05) is 20.2 Å². The maximum absolute atomic E-state index is 11.7. The van der Waals surface area contributed by atoms with Crippen LogP contribution in [0.3, 0.4) is 0 Å². The van der Waals surface area contributed by atoms with Gasteiger partial charge in [0.2, 0.25) is 0 Å². The minimum absolute atomic E-state index is 0.145. The largest absolute Gasteiger partial charge is 0.368 e. The van der Waals surface area contributed by atoms with Crippen LogP contribution in [0.25, 0.3) is 0 Å². The Hall–Kier alpha value is -0.570. The van der Waals surface area contributed by atoms with Crippen LogP contribution < -0.4 is 0 Å². The molecule has 0 aromatic rings. The summed E-state index contributed by atoms with van der Waals surface area (Å²) in [5.41, 5.74) is 0. The topological polar surface area (TPSA) is 29.5 Å². The predicted octanol–water partition coefficient (Wildman–Crippen LogP) is 1.28. The maximum atomic E-state index is 11.7. The molecule has 0 spiro atoms. The number of amides is 1. The molecule has 3 heteroatoms. The molecule has 3 nitrogen and oxygen atoms in total. The molecule has 13 heavy (non-hydrogen) atoms. The molecule has 1 aliphatic rings. The molecule has 0 aliphatic carbocycles. The first-order chi connectivity index (χ1) is 6.11. The third kappa shape index (κ3) is 2.99. The Morgan fingerprint density at radius 3 is 2.77 bits per heavy atom. The van der Waals surface area contributed by atoms with E-state index in [1.807, 2.05) is 7.05 Å². The summed E-state index contributed by atoms with van der Waals surface area (Å²) < 4.78 is 5.33. The fourth-order valence-corrected chi connectivity index (χ4v) is 1.66. The summed E-state index contributed by atoms with van der Waals surface area (Å²) in [7, 11) is 1.85. The fourth-order valence-electron chi connectivity index (χ4n) is 1.66. The van der Waals surface area contributed by atoms with Gasteiger partial charge in [0.05, 0.1) is 0 Å². The maximum Gasteiger partial charge on any atom is 0.251 e. The zero-order chi connectivity index (χ0) is 9.84. The Bertz CT molecular complexity index is 174. The van der Waals surface area contributed by atoms with Crippen molar-refractivity contribution in [3.05, 3.63) is 0 Å². The molecule has 0 aromatic carbocycles. The van der Waals surface area contributed by atoms with Gasteiger partial charge in [0.15, 0.2) is 0 Å². The van der Waals surface area contributed by atoms with Crippen molar-refractivity contribution in [1.82, 2.24) is 4.90 Å². The minimum Gasteiger partial charge on any atom is -0.368 e. The zero-order valence-corrected chi connectivity index (χ0v) is 8.75. The summed E-state index contributed by atoms with van der Waals surface area (Å²) in [6, 6.07) is 0. The highest BCUT2D eigenvalue weighted by molar-refractivity contribution is 5.80. The van der Waals surface area contributed by atoms with Gasteiger partial charge in [0.1, 0.15) is 6.10 Å². The molecule has 1 fully saturated rings. The number of nitrogens with zero attached hydrogens (tertiary/aromatic N) is 1. The number of rotatable bonds is 3. The lowest BCUT2D eigenvalue weighted by atomic mass is 10.2. The molecule has 1 aliphatic heterocycles. The lowest BCUT2D eigenvalue weighted by molar-refractivity contribution is -0.140. The Morgan fingerprint density at radius 2 is 2.31 bits per heavy atom. The number of hydrogen-bond acceptors (Lipinski definition) is 2. The summed E-state index contributed by atoms with van der Waals surface area (Å²) in [6.45, 7) is 5.78. The van der Waals surface area contributed by atoms with Crippen molar-refractivity contribution in [2.45, 2.75) is 32.8 Å². The van der Waals surface area contributed by atoms with Gasteiger partial charge in [-0.2, -0.15) is 0 Å². The van der Waals surface area contributed by atoms with E-state index in [-0.39, 0.29) is 12.0 Å². The first kappa shape index (κ1) is 10.5. The van der Waals surface area contributed by atoms with Crippen molar-refractivity contribution < 1.29 is 9.53 Å². The number of likely N-dealkylation sites (N-methyl/N-ethyl adjacent to an activating group) is 1. The second kappa shape index (κ2) is 4.61. The van der Waals surface area contributed by atoms with Crippen molar-refractivity contribution in [2.75, 3.05) is 20.2 Å². The molecule has 1 heterocycles. The molecule has 0 N–H and O–H groups in total. The van der Waals surface area contributed by atoms with Crippen molar-refractivity contribution in [1.29, 1.82) is 0 Å². The second-order valence-corrected chi connectivity index (χ2v) is 4.11. The predicted molar refractivity (Wildman–Crippen MR) is 51.4 cm³/mol. The smallest absolute Gasteiger partial charge is 0.251 e. The van der Waals surface area contributed by atoms with E-state index in [0.29, 0.717) is 5.92 Å². The van der Waals surface area contributed by atoms with Gasteiger partial charge < -0.3 is 9.64 Å². The molecule has 1 saturated heterocycles. The fraction of sp³-hybridized carbons (Fsp3) is 0.900. The highest BCUT2D eigenvalue weighted by atomic mass is 16.5. The molecule has 0 aromatic heterocycles. The van der Waals surface area contributed by atoms with Crippen LogP contribution >= 0.6 is 0 Å². The summed E-state index contributed by atoms with van der Waals surface area (Å²) in [6.07, 6.45) is 1.75. The van der Waals surface area contributed by atoms with E-state index in [4.69, 9.17) is 4.74 Å². The second-order valence-electron chi connectivity index (χ2n) is 4.11. The number of ether oxygens (including phenoxy) is 1. The van der Waals surface area contributed by atoms with E-state index >= 15 is 0 Å². The summed E-state index contributed by atoms with van der Waals surface area (Å²) in [5.74, 6) is 0.668. The first-order valence-electron chi connectivity index (χ1n) is 4.98. The van der Waals surface area contributed by atoms with E-state index in [0.717, 1.165) is 26.0 Å². The highest BCUT2D eigenvalue weighted by Gasteiger charge is 2.26. The van der Waals surface area contributed by atoms with E-state index < -0.39 is 0 Å². The van der Waals surface area contributed by atoms with E-state index in [1.54, 1.807) is 4.90 Å². The third-order valence-corrected chi connectivity index (χ3v) is 2.22.